The Morgan fingerprint density at radius 3 is 1.17 bits per heavy atom. The summed E-state index contributed by atoms with van der Waals surface area (Å²) in [4.78, 5) is 79.5. The number of benzene rings is 8. The quantitative estimate of drug-likeness (QED) is 0.0284. The van der Waals surface area contributed by atoms with Gasteiger partial charge in [-0.1, -0.05) is 152 Å². The summed E-state index contributed by atoms with van der Waals surface area (Å²) >= 11 is 2.80. The Bertz CT molecular complexity index is 4930. The van der Waals surface area contributed by atoms with Crippen LogP contribution < -0.4 is 49.1 Å². The van der Waals surface area contributed by atoms with Gasteiger partial charge in [-0.05, 0) is 150 Å². The van der Waals surface area contributed by atoms with Crippen LogP contribution in [0.3, 0.4) is 0 Å². The van der Waals surface area contributed by atoms with Crippen molar-refractivity contribution in [1.29, 1.82) is 0 Å². The summed E-state index contributed by atoms with van der Waals surface area (Å²) in [5.41, 5.74) is 27.6. The number of hydrogen-bond acceptors (Lipinski definition) is 15. The first kappa shape index (κ1) is 69.4. The summed E-state index contributed by atoms with van der Waals surface area (Å²) < 4.78 is 0. The minimum Gasteiger partial charge on any atom is -0.330 e. The van der Waals surface area contributed by atoms with Crippen LogP contribution >= 0.6 is 22.7 Å². The molecule has 0 fully saturated rings. The number of nitrogens with two attached hydrogens (primary N) is 3. The summed E-state index contributed by atoms with van der Waals surface area (Å²) in [6.45, 7) is 1.20. The van der Waals surface area contributed by atoms with Crippen molar-refractivity contribution in [3.05, 3.63) is 274 Å². The molecule has 14 aromatic rings. The third-order valence-corrected chi connectivity index (χ3v) is 18.7. The smallest absolute Gasteiger partial charge is 0.266 e. The largest absolute Gasteiger partial charge is 0.330 e. The second kappa shape index (κ2) is 33.4. The first-order valence-corrected chi connectivity index (χ1v) is 34.4. The molecular weight excluding hydrogens is 1320 g/mol. The van der Waals surface area contributed by atoms with Gasteiger partial charge in [0.25, 0.3) is 17.7 Å². The SMILES string of the molecule is NCCC(C(=O)Nc1ccc2[nH]nc(NC(=O)c3cc(-c4ccccc4)cs3)c2c1)c1ccccc1.NCCC(C(=O)Nc1ccc2[nH]nc(NC(=O)c3ccc(-c4ccccc4)s3)c2c1)c1ccccc1.NCCC(C(=O)Nc1ccc2[nH]nc(NC(=O)c3cn[nH]c3)c2c1)c1ccccc1. The highest BCUT2D eigenvalue weighted by molar-refractivity contribution is 7.17. The van der Waals surface area contributed by atoms with Gasteiger partial charge < -0.3 is 49.1 Å². The van der Waals surface area contributed by atoms with Crippen molar-refractivity contribution in [3.8, 4) is 21.6 Å². The van der Waals surface area contributed by atoms with Crippen LogP contribution in [0.5, 0.6) is 0 Å². The molecule has 3 unspecified atom stereocenters. The number of fused-ring (bicyclic) bond motifs is 3. The molecule has 8 aromatic carbocycles. The van der Waals surface area contributed by atoms with Crippen molar-refractivity contribution in [1.82, 2.24) is 40.8 Å². The zero-order valence-corrected chi connectivity index (χ0v) is 56.5. The molecule has 6 amide bonds. The van der Waals surface area contributed by atoms with Crippen LogP contribution in [0.15, 0.2) is 242 Å². The topological polar surface area (TPSA) is 367 Å². The molecule has 6 heterocycles. The fraction of sp³-hybridized carbons (Fsp3) is 0.117. The van der Waals surface area contributed by atoms with Crippen molar-refractivity contribution in [3.63, 3.8) is 0 Å². The van der Waals surface area contributed by atoms with Crippen LogP contribution in [0, 0.1) is 0 Å². The van der Waals surface area contributed by atoms with Gasteiger partial charge in [-0.3, -0.25) is 49.2 Å². The summed E-state index contributed by atoms with van der Waals surface area (Å²) in [7, 11) is 0. The summed E-state index contributed by atoms with van der Waals surface area (Å²) in [6, 6.07) is 70.5. The fourth-order valence-corrected chi connectivity index (χ4v) is 13.2. The first-order chi connectivity index (χ1) is 49.9. The molecule has 0 aliphatic rings. The van der Waals surface area contributed by atoms with E-state index in [0.717, 1.165) is 54.8 Å². The molecule has 0 aliphatic heterocycles. The standard InChI is InChI=1S/2C28H25N5O2S.C21H21N7O2/c29-14-13-22(19-9-5-2-6-10-19)27(34)30-21-11-12-24-23(16-21)26(33-32-24)31-28(35)25-15-20(17-36-25)18-7-3-1-4-8-18;29-16-15-21(18-7-3-1-4-8-18)27(34)30-20-11-12-23-22(17-20)26(33-32-23)31-28(35)25-14-13-24(36-25)19-9-5-2-6-10-19;22-9-8-16(13-4-2-1-3-5-13)21(30)25-15-6-7-18-17(10-15)19(28-27-18)26-20(29)14-11-23-24-12-14/h1-12,15-17,22H,13-14,29H2,(H,30,34)(H2,31,32,33,35);1-14,17,21H,15-16,29H2,(H,30,34)(H2,31,32,33,35);1-7,10-12,16H,8-9,22H2,(H,23,24)(H,25,30)(H2,26,27,28,29). The van der Waals surface area contributed by atoms with Crippen LogP contribution in [-0.2, 0) is 14.4 Å². The van der Waals surface area contributed by atoms with Crippen molar-refractivity contribution < 1.29 is 28.8 Å². The summed E-state index contributed by atoms with van der Waals surface area (Å²) in [5.74, 6) is -1.10. The number of rotatable bonds is 23. The Hall–Kier alpha value is -12.5. The third-order valence-electron chi connectivity index (χ3n) is 16.7. The minimum absolute atomic E-state index is 0.132. The normalized spacial score (nSPS) is 11.8. The minimum atomic E-state index is -0.354. The van der Waals surface area contributed by atoms with E-state index in [1.807, 2.05) is 187 Å². The molecule has 25 heteroatoms. The van der Waals surface area contributed by atoms with E-state index in [9.17, 15) is 28.8 Å². The number of anilines is 6. The van der Waals surface area contributed by atoms with Crippen molar-refractivity contribution in [2.24, 2.45) is 17.2 Å². The Balaban J connectivity index is 0.000000145. The van der Waals surface area contributed by atoms with E-state index >= 15 is 0 Å². The number of carbonyl (C=O) groups is 6. The highest BCUT2D eigenvalue weighted by Crippen LogP contribution is 2.34. The molecule has 102 heavy (non-hydrogen) atoms. The summed E-state index contributed by atoms with van der Waals surface area (Å²) in [5, 5.41) is 49.3. The monoisotopic (exact) mass is 1390 g/mol. The van der Waals surface area contributed by atoms with Crippen LogP contribution in [0.25, 0.3) is 54.3 Å². The molecule has 3 atom stereocenters. The van der Waals surface area contributed by atoms with Gasteiger partial charge >= 0.3 is 0 Å². The number of hydrogen-bond donors (Lipinski definition) is 13. The van der Waals surface area contributed by atoms with Gasteiger partial charge in [0, 0.05) is 44.3 Å². The lowest BCUT2D eigenvalue weighted by molar-refractivity contribution is -0.118. The van der Waals surface area contributed by atoms with Gasteiger partial charge in [-0.15, -0.1) is 22.7 Å². The highest BCUT2D eigenvalue weighted by Gasteiger charge is 2.25. The number of nitrogens with zero attached hydrogens (tertiary/aromatic N) is 4. The van der Waals surface area contributed by atoms with Crippen LogP contribution in [-0.4, -0.2) is 95.9 Å². The average Bonchev–Trinajstić information content (AvgIpc) is 1.66. The number of nitrogens with one attached hydrogen (secondary N) is 10. The van der Waals surface area contributed by atoms with Crippen molar-refractivity contribution in [2.75, 3.05) is 51.5 Å². The Kier molecular flexibility index (Phi) is 22.7. The molecule has 0 radical (unpaired) electrons. The van der Waals surface area contributed by atoms with E-state index in [-0.39, 0.29) is 53.2 Å². The van der Waals surface area contributed by atoms with Gasteiger partial charge in [-0.25, -0.2) is 0 Å². The number of carbonyl (C=O) groups excluding carboxylic acids is 6. The number of thiophene rings is 2. The third kappa shape index (κ3) is 17.1. The molecule has 512 valence electrons. The highest BCUT2D eigenvalue weighted by atomic mass is 32.1. The van der Waals surface area contributed by atoms with Gasteiger partial charge in [-0.2, -0.15) is 20.4 Å². The second-order valence-corrected chi connectivity index (χ2v) is 25.5. The van der Waals surface area contributed by atoms with Crippen molar-refractivity contribution >= 4 is 125 Å². The van der Waals surface area contributed by atoms with Gasteiger partial charge in [0.2, 0.25) is 17.7 Å². The maximum absolute atomic E-state index is 13.1. The molecule has 16 N–H and O–H groups in total. The number of aromatic amines is 4. The lowest BCUT2D eigenvalue weighted by atomic mass is 9.94. The maximum atomic E-state index is 13.1. The molecule has 0 aliphatic carbocycles. The molecule has 0 bridgehead atoms. The molecule has 0 saturated heterocycles. The van der Waals surface area contributed by atoms with Gasteiger partial charge in [0.05, 0.1) is 55.8 Å². The Morgan fingerprint density at radius 1 is 0.392 bits per heavy atom. The van der Waals surface area contributed by atoms with E-state index in [4.69, 9.17) is 17.2 Å². The Labute approximate surface area is 593 Å². The molecule has 23 nitrogen and oxygen atoms in total. The van der Waals surface area contributed by atoms with E-state index in [1.54, 1.807) is 42.5 Å². The average molecular weight is 1390 g/mol. The maximum Gasteiger partial charge on any atom is 0.266 e. The Morgan fingerprint density at radius 2 is 0.775 bits per heavy atom. The van der Waals surface area contributed by atoms with Gasteiger partial charge in [0.15, 0.2) is 17.5 Å². The molecule has 0 saturated carbocycles. The van der Waals surface area contributed by atoms with Crippen LogP contribution in [0.2, 0.25) is 0 Å². The number of amides is 6. The number of aromatic nitrogens is 8. The molecule has 0 spiro atoms. The van der Waals surface area contributed by atoms with E-state index in [0.29, 0.717) is 105 Å². The summed E-state index contributed by atoms with van der Waals surface area (Å²) in [6.07, 6.45) is 4.54. The first-order valence-electron chi connectivity index (χ1n) is 32.7. The van der Waals surface area contributed by atoms with Crippen molar-refractivity contribution in [2.45, 2.75) is 37.0 Å². The van der Waals surface area contributed by atoms with E-state index < -0.39 is 0 Å². The zero-order valence-electron chi connectivity index (χ0n) is 54.9. The van der Waals surface area contributed by atoms with Gasteiger partial charge in [0.1, 0.15) is 0 Å². The predicted molar refractivity (Wildman–Crippen MR) is 405 cm³/mol. The lowest BCUT2D eigenvalue weighted by Crippen LogP contribution is -2.23. The second-order valence-electron chi connectivity index (χ2n) is 23.5. The zero-order chi connectivity index (χ0) is 70.7. The fourth-order valence-electron chi connectivity index (χ4n) is 11.5. The van der Waals surface area contributed by atoms with Crippen LogP contribution in [0.1, 0.15) is 83.4 Å². The van der Waals surface area contributed by atoms with Crippen LogP contribution in [0.4, 0.5) is 34.5 Å². The lowest BCUT2D eigenvalue weighted by Gasteiger charge is -2.16. The molecular formula is C77H71N17O6S2. The molecule has 6 aromatic heterocycles. The van der Waals surface area contributed by atoms with E-state index in [2.05, 4.69) is 72.7 Å². The molecule has 14 rings (SSSR count). The predicted octanol–water partition coefficient (Wildman–Crippen LogP) is 13.8. The van der Waals surface area contributed by atoms with E-state index in [1.165, 1.54) is 35.1 Å². The number of H-pyrrole nitrogens is 4.